The Balaban J connectivity index is 1.37. The molecule has 4 aliphatic rings. The van der Waals surface area contributed by atoms with Gasteiger partial charge in [0.1, 0.15) is 0 Å². The summed E-state index contributed by atoms with van der Waals surface area (Å²) in [4.78, 5) is 60.8. The normalized spacial score (nSPS) is 27.6. The van der Waals surface area contributed by atoms with Crippen LogP contribution in [-0.2, 0) is 31.1 Å². The number of methoxy groups -OCH3 is 1. The summed E-state index contributed by atoms with van der Waals surface area (Å²) in [6.45, 7) is 0.219. The fourth-order valence-electron chi connectivity index (χ4n) is 8.94. The van der Waals surface area contributed by atoms with Gasteiger partial charge in [-0.25, -0.2) is 0 Å². The fourth-order valence-corrected chi connectivity index (χ4v) is 10.3. The van der Waals surface area contributed by atoms with Crippen LogP contribution in [0.1, 0.15) is 40.3 Å². The quantitative estimate of drug-likeness (QED) is 0.128. The predicted molar refractivity (Wildman–Crippen MR) is 194 cm³/mol. The fraction of sp³-hybridized carbons (Fsp3) is 0.250. The second-order valence-corrected chi connectivity index (χ2v) is 15.4. The number of benzene rings is 3. The molecule has 2 heterocycles. The first-order valence-corrected chi connectivity index (χ1v) is 18.3. The van der Waals surface area contributed by atoms with Gasteiger partial charge >= 0.3 is 0 Å². The van der Waals surface area contributed by atoms with Crippen LogP contribution in [0.2, 0.25) is 0 Å². The van der Waals surface area contributed by atoms with Crippen molar-refractivity contribution in [1.29, 1.82) is 0 Å². The number of phenols is 1. The molecule has 0 bridgehead atoms. The number of imide groups is 1. The average molecular weight is 782 g/mol. The lowest BCUT2D eigenvalue weighted by Crippen LogP contribution is -2.58. The Morgan fingerprint density at radius 1 is 0.939 bits per heavy atom. The number of rotatable bonds is 6. The van der Waals surface area contributed by atoms with Gasteiger partial charge in [-0.15, -0.1) is 11.3 Å². The summed E-state index contributed by atoms with van der Waals surface area (Å²) in [7, 11) is 1.48. The van der Waals surface area contributed by atoms with Crippen molar-refractivity contribution in [2.45, 2.75) is 30.7 Å². The lowest BCUT2D eigenvalue weighted by molar-refractivity contribution is -0.141. The van der Waals surface area contributed by atoms with Crippen LogP contribution in [0, 0.1) is 27.2 Å². The molecule has 7 nitrogen and oxygen atoms in total. The summed E-state index contributed by atoms with van der Waals surface area (Å²) in [5.74, 6) is -3.69. The standard InChI is InChI=1S/C40H32INO6S/c1-48-32-18-23(17-31(41)37(32)45)35-26-14-15-27-34(39(47)42(38(27)46)21-25-13-8-16-49-25)29(26)19-30-36(44)28(22-9-4-2-5-10-22)20-33(43)40(30,35)24-11-6-3-7-12-24/h2-14,16-18,20,27,29-30,34-35,45H,15,19,21H2,1H3. The van der Waals surface area contributed by atoms with E-state index >= 15 is 9.59 Å². The molecule has 1 saturated heterocycles. The topological polar surface area (TPSA) is 101 Å². The van der Waals surface area contributed by atoms with E-state index in [-0.39, 0.29) is 47.8 Å². The van der Waals surface area contributed by atoms with Gasteiger partial charge in [0.2, 0.25) is 11.8 Å². The van der Waals surface area contributed by atoms with Gasteiger partial charge in [-0.05, 0) is 87.7 Å². The number of halogens is 1. The maximum atomic E-state index is 15.2. The Bertz CT molecular complexity index is 2070. The van der Waals surface area contributed by atoms with Crippen molar-refractivity contribution in [2.75, 3.05) is 7.11 Å². The molecule has 1 N–H and O–H groups in total. The monoisotopic (exact) mass is 781 g/mol. The highest BCUT2D eigenvalue weighted by Crippen LogP contribution is 2.64. The molecule has 2 amide bonds. The summed E-state index contributed by atoms with van der Waals surface area (Å²) < 4.78 is 6.15. The van der Waals surface area contributed by atoms with Crippen molar-refractivity contribution in [3.05, 3.63) is 133 Å². The van der Waals surface area contributed by atoms with E-state index in [1.54, 1.807) is 6.07 Å². The second kappa shape index (κ2) is 12.2. The van der Waals surface area contributed by atoms with Crippen molar-refractivity contribution >= 4 is 62.9 Å². The predicted octanol–water partition coefficient (Wildman–Crippen LogP) is 7.09. The van der Waals surface area contributed by atoms with Gasteiger partial charge in [0.15, 0.2) is 23.1 Å². The SMILES string of the molecule is COc1cc(C2C3=CCC4C(=O)N(Cc5cccs5)C(=O)C4C3CC3C(=O)C(c4ccccc4)=CC(=O)C32c2ccccc2)cc(I)c1O. The molecule has 8 rings (SSSR count). The highest BCUT2D eigenvalue weighted by molar-refractivity contribution is 14.1. The second-order valence-electron chi connectivity index (χ2n) is 13.2. The number of hydrogen-bond acceptors (Lipinski definition) is 7. The number of carbonyl (C=O) groups excluding carboxylic acids is 4. The van der Waals surface area contributed by atoms with Crippen LogP contribution in [0.5, 0.6) is 11.5 Å². The number of nitrogens with zero attached hydrogens (tertiary/aromatic N) is 1. The minimum absolute atomic E-state index is 0.0136. The first-order chi connectivity index (χ1) is 23.7. The molecule has 1 aliphatic heterocycles. The van der Waals surface area contributed by atoms with E-state index in [1.807, 2.05) is 84.2 Å². The summed E-state index contributed by atoms with van der Waals surface area (Å²) >= 11 is 3.56. The number of likely N-dealkylation sites (tertiary alicyclic amines) is 1. The van der Waals surface area contributed by atoms with Crippen LogP contribution in [0.25, 0.3) is 5.57 Å². The van der Waals surface area contributed by atoms with Crippen LogP contribution in [0.3, 0.4) is 0 Å². The number of ether oxygens (including phenoxy) is 1. The van der Waals surface area contributed by atoms with Crippen LogP contribution >= 0.6 is 33.9 Å². The van der Waals surface area contributed by atoms with Gasteiger partial charge in [0.25, 0.3) is 0 Å². The van der Waals surface area contributed by atoms with Crippen molar-refractivity contribution in [1.82, 2.24) is 4.90 Å². The Hall–Kier alpha value is -4.35. The van der Waals surface area contributed by atoms with E-state index in [4.69, 9.17) is 4.74 Å². The molecule has 9 heteroatoms. The van der Waals surface area contributed by atoms with Crippen molar-refractivity contribution in [2.24, 2.45) is 23.7 Å². The van der Waals surface area contributed by atoms with Crippen LogP contribution in [0.4, 0.5) is 0 Å². The summed E-state index contributed by atoms with van der Waals surface area (Å²) in [6.07, 6.45) is 4.16. The lowest BCUT2D eigenvalue weighted by Gasteiger charge is -2.55. The molecule has 1 aromatic heterocycles. The van der Waals surface area contributed by atoms with Gasteiger partial charge in [-0.2, -0.15) is 0 Å². The van der Waals surface area contributed by atoms with Crippen LogP contribution in [0.15, 0.2) is 108 Å². The highest BCUT2D eigenvalue weighted by atomic mass is 127. The van der Waals surface area contributed by atoms with E-state index in [0.29, 0.717) is 32.3 Å². The first-order valence-electron chi connectivity index (χ1n) is 16.3. The molecule has 3 aliphatic carbocycles. The number of thiophene rings is 1. The van der Waals surface area contributed by atoms with Gasteiger partial charge in [0, 0.05) is 22.3 Å². The molecule has 0 radical (unpaired) electrons. The number of ketones is 2. The van der Waals surface area contributed by atoms with E-state index in [9.17, 15) is 14.7 Å². The largest absolute Gasteiger partial charge is 0.504 e. The number of fused-ring (bicyclic) bond motifs is 4. The highest BCUT2D eigenvalue weighted by Gasteiger charge is 2.66. The average Bonchev–Trinajstić information content (AvgIpc) is 3.73. The number of phenolic OH excluding ortho intramolecular Hbond substituents is 1. The molecule has 246 valence electrons. The zero-order chi connectivity index (χ0) is 34.0. The summed E-state index contributed by atoms with van der Waals surface area (Å²) in [5, 5.41) is 12.8. The van der Waals surface area contributed by atoms with E-state index in [0.717, 1.165) is 10.5 Å². The van der Waals surface area contributed by atoms with E-state index < -0.39 is 35.0 Å². The van der Waals surface area contributed by atoms with Gasteiger partial charge in [-0.1, -0.05) is 78.4 Å². The number of amides is 2. The van der Waals surface area contributed by atoms with E-state index in [2.05, 4.69) is 28.7 Å². The van der Waals surface area contributed by atoms with Gasteiger partial charge < -0.3 is 9.84 Å². The number of carbonyl (C=O) groups is 4. The number of aromatic hydroxyl groups is 1. The lowest BCUT2D eigenvalue weighted by atomic mass is 9.44. The summed E-state index contributed by atoms with van der Waals surface area (Å²) in [6, 6.07) is 26.1. The smallest absolute Gasteiger partial charge is 0.234 e. The third-order valence-corrected chi connectivity index (χ3v) is 12.6. The molecule has 1 saturated carbocycles. The molecule has 49 heavy (non-hydrogen) atoms. The maximum Gasteiger partial charge on any atom is 0.234 e. The number of hydrogen-bond donors (Lipinski definition) is 1. The maximum absolute atomic E-state index is 15.2. The molecular weight excluding hydrogens is 749 g/mol. The van der Waals surface area contributed by atoms with Crippen LogP contribution in [-0.4, -0.2) is 40.5 Å². The van der Waals surface area contributed by atoms with Gasteiger partial charge in [-0.3, -0.25) is 24.1 Å². The molecule has 6 unspecified atom stereocenters. The first kappa shape index (κ1) is 31.9. The molecule has 6 atom stereocenters. The molecular formula is C40H32INO6S. The number of allylic oxidation sites excluding steroid dienone is 4. The van der Waals surface area contributed by atoms with Gasteiger partial charge in [0.05, 0.1) is 34.5 Å². The zero-order valence-corrected chi connectivity index (χ0v) is 29.5. The Kier molecular flexibility index (Phi) is 7.94. The minimum atomic E-state index is -1.35. The molecule has 2 fully saturated rings. The zero-order valence-electron chi connectivity index (χ0n) is 26.5. The Labute approximate surface area is 301 Å². The summed E-state index contributed by atoms with van der Waals surface area (Å²) in [5.41, 5.74) is 1.96. The number of Topliss-reactive ketones (excluding diaryl/α,β-unsaturated/α-hetero) is 1. The third kappa shape index (κ3) is 4.80. The third-order valence-electron chi connectivity index (χ3n) is 11.0. The minimum Gasteiger partial charge on any atom is -0.504 e. The van der Waals surface area contributed by atoms with Crippen molar-refractivity contribution < 1.29 is 29.0 Å². The molecule has 4 aromatic rings. The van der Waals surface area contributed by atoms with E-state index in [1.165, 1.54) is 29.4 Å². The Morgan fingerprint density at radius 3 is 2.37 bits per heavy atom. The van der Waals surface area contributed by atoms with Crippen molar-refractivity contribution in [3.63, 3.8) is 0 Å². The molecule has 3 aromatic carbocycles. The Morgan fingerprint density at radius 2 is 1.67 bits per heavy atom. The van der Waals surface area contributed by atoms with Crippen LogP contribution < -0.4 is 4.74 Å². The van der Waals surface area contributed by atoms with Crippen molar-refractivity contribution in [3.8, 4) is 11.5 Å². The molecule has 0 spiro atoms.